The van der Waals surface area contributed by atoms with Gasteiger partial charge in [0.25, 0.3) is 0 Å². The zero-order valence-electron chi connectivity index (χ0n) is 45.0. The number of ether oxygens (including phenoxy) is 12. The van der Waals surface area contributed by atoms with E-state index in [1.54, 1.807) is 48.5 Å². The van der Waals surface area contributed by atoms with Crippen LogP contribution in [0.1, 0.15) is 34.1 Å². The second-order valence-electron chi connectivity index (χ2n) is 16.4. The maximum absolute atomic E-state index is 12.1. The van der Waals surface area contributed by atoms with E-state index in [1.807, 2.05) is 48.5 Å². The van der Waals surface area contributed by atoms with Gasteiger partial charge in [0.15, 0.2) is 0 Å². The van der Waals surface area contributed by atoms with Crippen molar-refractivity contribution < 1.29 is 95.2 Å². The van der Waals surface area contributed by atoms with Crippen LogP contribution in [-0.4, -0.2) is 154 Å². The second-order valence-corrected chi connectivity index (χ2v) is 16.4. The van der Waals surface area contributed by atoms with Crippen molar-refractivity contribution in [2.45, 2.75) is 11.8 Å². The third-order valence-corrected chi connectivity index (χ3v) is 10.8. The van der Waals surface area contributed by atoms with Crippen LogP contribution in [0, 0.1) is 0 Å². The quantitative estimate of drug-likeness (QED) is 0.0175. The topological polar surface area (TPSA) is 295 Å². The lowest BCUT2D eigenvalue weighted by Crippen LogP contribution is -2.29. The highest BCUT2D eigenvalue weighted by Gasteiger charge is 2.29. The van der Waals surface area contributed by atoms with Crippen LogP contribution in [0.5, 0.6) is 23.0 Å². The normalized spacial score (nSPS) is 10.3. The van der Waals surface area contributed by atoms with Crippen molar-refractivity contribution in [3.05, 3.63) is 170 Å². The molecule has 24 heteroatoms. The van der Waals surface area contributed by atoms with Gasteiger partial charge in [-0.2, -0.15) is 0 Å². The number of hydrogen-bond acceptors (Lipinski definition) is 20. The number of carbonyl (C=O) groups excluding carboxylic acids is 8. The van der Waals surface area contributed by atoms with Crippen LogP contribution in [0.15, 0.2) is 148 Å². The van der Waals surface area contributed by atoms with Crippen molar-refractivity contribution in [1.29, 1.82) is 0 Å². The van der Waals surface area contributed by atoms with E-state index in [4.69, 9.17) is 56.8 Å². The first-order valence-electron chi connectivity index (χ1n) is 25.5. The number of amides is 4. The Balaban J connectivity index is 1.56. The highest BCUT2D eigenvalue weighted by Crippen LogP contribution is 2.44. The minimum Gasteiger partial charge on any atom is -0.490 e. The Hall–Kier alpha value is -10.0. The highest BCUT2D eigenvalue weighted by atomic mass is 16.6. The molecule has 0 radical (unpaired) electrons. The standard InChI is InChI=1S/C58H66N4O20/c1-5-49(63)75-29-25-59-55(67)79-37-33-71-45-17-9-41(10-18-45)53(42-11-19-46(20-12-42)72-34-38-80-56(68)60-26-30-76-50(64)6-2)54(43-13-21-47(22-14-43)73-35-39-81-57(69)61-27-31-77-51(65)7-3)44-15-23-48(24-16-44)74-36-40-82-58(70)62-28-32-78-52(66)8-4/h5-24,53-54H,1-4,25-40H2,(H,59,67)(H,60,68)(H,61,69)(H,62,70). The third-order valence-electron chi connectivity index (χ3n) is 10.8. The number of benzene rings is 4. The summed E-state index contributed by atoms with van der Waals surface area (Å²) >= 11 is 0. The van der Waals surface area contributed by atoms with Gasteiger partial charge in [0, 0.05) is 36.1 Å². The summed E-state index contributed by atoms with van der Waals surface area (Å²) in [6, 6.07) is 29.7. The molecule has 438 valence electrons. The van der Waals surface area contributed by atoms with Gasteiger partial charge in [-0.25, -0.2) is 38.4 Å². The molecule has 0 spiro atoms. The molecule has 4 aromatic rings. The number of nitrogens with one attached hydrogen (secondary N) is 4. The zero-order valence-corrected chi connectivity index (χ0v) is 45.0. The molecule has 0 atom stereocenters. The Labute approximate surface area is 473 Å². The Morgan fingerprint density at radius 1 is 0.293 bits per heavy atom. The summed E-state index contributed by atoms with van der Waals surface area (Å²) in [6.07, 6.45) is 1.19. The van der Waals surface area contributed by atoms with Gasteiger partial charge in [-0.3, -0.25) is 0 Å². The van der Waals surface area contributed by atoms with E-state index in [1.165, 1.54) is 0 Å². The summed E-state index contributed by atoms with van der Waals surface area (Å²) in [4.78, 5) is 93.5. The molecular weight excluding hydrogens is 1070 g/mol. The van der Waals surface area contributed by atoms with Gasteiger partial charge in [0.05, 0.1) is 26.2 Å². The minimum absolute atomic E-state index is 0.0280. The van der Waals surface area contributed by atoms with E-state index < -0.39 is 60.1 Å². The molecule has 82 heavy (non-hydrogen) atoms. The zero-order chi connectivity index (χ0) is 59.2. The van der Waals surface area contributed by atoms with Crippen LogP contribution in [0.2, 0.25) is 0 Å². The van der Waals surface area contributed by atoms with Crippen LogP contribution in [-0.2, 0) is 57.1 Å². The monoisotopic (exact) mass is 1140 g/mol. The van der Waals surface area contributed by atoms with Gasteiger partial charge in [-0.1, -0.05) is 74.8 Å². The highest BCUT2D eigenvalue weighted by molar-refractivity contribution is 5.82. The first-order chi connectivity index (χ1) is 39.8. The molecule has 0 fully saturated rings. The molecule has 0 aliphatic rings. The van der Waals surface area contributed by atoms with Crippen LogP contribution in [0.25, 0.3) is 0 Å². The molecule has 4 rings (SSSR count). The fourth-order valence-electron chi connectivity index (χ4n) is 7.07. The van der Waals surface area contributed by atoms with Gasteiger partial charge in [0.1, 0.15) is 102 Å². The van der Waals surface area contributed by atoms with Crippen LogP contribution < -0.4 is 40.2 Å². The van der Waals surface area contributed by atoms with Crippen LogP contribution in [0.4, 0.5) is 19.2 Å². The Morgan fingerprint density at radius 2 is 0.488 bits per heavy atom. The summed E-state index contributed by atoms with van der Waals surface area (Å²) in [5.74, 6) is -1.31. The summed E-state index contributed by atoms with van der Waals surface area (Å²) in [7, 11) is 0. The maximum Gasteiger partial charge on any atom is 0.407 e. The van der Waals surface area contributed by atoms with Crippen molar-refractivity contribution in [1.82, 2.24) is 21.3 Å². The third kappa shape index (κ3) is 25.6. The molecule has 0 unspecified atom stereocenters. The van der Waals surface area contributed by atoms with Gasteiger partial charge < -0.3 is 78.1 Å². The number of esters is 4. The summed E-state index contributed by atoms with van der Waals surface area (Å²) in [6.45, 7) is 13.0. The predicted molar refractivity (Wildman–Crippen MR) is 293 cm³/mol. The van der Waals surface area contributed by atoms with Crippen LogP contribution >= 0.6 is 0 Å². The van der Waals surface area contributed by atoms with E-state index in [0.29, 0.717) is 23.0 Å². The Kier molecular flexibility index (Phi) is 29.7. The average molecular weight is 1140 g/mol. The molecule has 4 aromatic carbocycles. The number of rotatable bonds is 37. The van der Waals surface area contributed by atoms with E-state index in [0.717, 1.165) is 46.6 Å². The molecule has 0 saturated carbocycles. The van der Waals surface area contributed by atoms with Crippen molar-refractivity contribution in [2.24, 2.45) is 0 Å². The SMILES string of the molecule is C=CC(=O)OCCNC(=O)OCCOc1ccc(C(c2ccc(OCCOC(=O)NCCOC(=O)C=C)cc2)C(c2ccc(OCCOC(=O)NCCOC(=O)C=C)cc2)c2ccc(OCCOC(=O)NCCOC(=O)C=C)cc2)cc1. The van der Waals surface area contributed by atoms with Crippen molar-refractivity contribution in [3.63, 3.8) is 0 Å². The molecule has 0 aliphatic carbocycles. The molecule has 4 amide bonds. The summed E-state index contributed by atoms with van der Waals surface area (Å²) in [5, 5.41) is 9.91. The fourth-order valence-corrected chi connectivity index (χ4v) is 7.07. The lowest BCUT2D eigenvalue weighted by molar-refractivity contribution is -0.138. The molecule has 0 aromatic heterocycles. The van der Waals surface area contributed by atoms with E-state index >= 15 is 0 Å². The minimum atomic E-state index is -0.717. The van der Waals surface area contributed by atoms with Crippen molar-refractivity contribution >= 4 is 48.3 Å². The largest absolute Gasteiger partial charge is 0.490 e. The first-order valence-corrected chi connectivity index (χ1v) is 25.5. The van der Waals surface area contributed by atoms with Gasteiger partial charge >= 0.3 is 48.3 Å². The van der Waals surface area contributed by atoms with E-state index in [-0.39, 0.29) is 105 Å². The second kappa shape index (κ2) is 37.7. The van der Waals surface area contributed by atoms with E-state index in [2.05, 4.69) is 47.6 Å². The van der Waals surface area contributed by atoms with E-state index in [9.17, 15) is 38.4 Å². The Morgan fingerprint density at radius 3 is 0.671 bits per heavy atom. The Bertz CT molecular complexity index is 2330. The molecule has 0 saturated heterocycles. The lowest BCUT2D eigenvalue weighted by Gasteiger charge is -2.30. The first kappa shape index (κ1) is 64.5. The van der Waals surface area contributed by atoms with Crippen molar-refractivity contribution in [2.75, 3.05) is 105 Å². The van der Waals surface area contributed by atoms with Gasteiger partial charge in [0.2, 0.25) is 0 Å². The smallest absolute Gasteiger partial charge is 0.407 e. The maximum atomic E-state index is 12.1. The summed E-state index contributed by atoms with van der Waals surface area (Å²) < 4.78 is 63.8. The molecule has 0 bridgehead atoms. The number of carbonyl (C=O) groups is 8. The number of hydrogen-bond donors (Lipinski definition) is 4. The van der Waals surface area contributed by atoms with Gasteiger partial charge in [-0.05, 0) is 70.8 Å². The lowest BCUT2D eigenvalue weighted by atomic mass is 9.73. The predicted octanol–water partition coefficient (Wildman–Crippen LogP) is 5.99. The van der Waals surface area contributed by atoms with Crippen LogP contribution in [0.3, 0.4) is 0 Å². The molecule has 4 N–H and O–H groups in total. The fraction of sp³-hybridized carbons (Fsp3) is 0.310. The average Bonchev–Trinajstić information content (AvgIpc) is 3.62. The van der Waals surface area contributed by atoms with Gasteiger partial charge in [-0.15, -0.1) is 0 Å². The summed E-state index contributed by atoms with van der Waals surface area (Å²) in [5.41, 5.74) is 3.45. The van der Waals surface area contributed by atoms with Crippen molar-refractivity contribution in [3.8, 4) is 23.0 Å². The molecule has 0 heterocycles. The molecular formula is C58H66N4O20. The number of alkyl carbamates (subject to hydrolysis) is 4. The molecule has 24 nitrogen and oxygen atoms in total. The molecule has 0 aliphatic heterocycles.